The summed E-state index contributed by atoms with van der Waals surface area (Å²) in [5, 5.41) is 12.0. The minimum Gasteiger partial charge on any atom is -0.846 e. The second-order valence-corrected chi connectivity index (χ2v) is 1.54. The molecular formula is C4H3LiN2O3. The largest absolute Gasteiger partial charge is 1.00 e. The van der Waals surface area contributed by atoms with E-state index in [0.717, 1.165) is 0 Å². The van der Waals surface area contributed by atoms with Crippen LogP contribution in [0, 0.1) is 0 Å². The van der Waals surface area contributed by atoms with Gasteiger partial charge in [0.25, 0.3) is 5.91 Å². The molecule has 1 N–H and O–H groups in total. The van der Waals surface area contributed by atoms with Crippen LogP contribution in [-0.2, 0) is 9.59 Å². The van der Waals surface area contributed by atoms with Gasteiger partial charge in [0.15, 0.2) is 0 Å². The van der Waals surface area contributed by atoms with Crippen LogP contribution in [0.15, 0.2) is 4.99 Å². The number of nitrogens with zero attached hydrogens (tertiary/aromatic N) is 1. The standard InChI is InChI=1S/C4H4N2O3.Li/c7-2-1-3(8)6-4(9)5-2;/h1H2,(H2,5,6,7,8,9);/q;+1/p-1. The van der Waals surface area contributed by atoms with Crippen molar-refractivity contribution in [2.75, 3.05) is 0 Å². The van der Waals surface area contributed by atoms with Crippen LogP contribution in [0.2, 0.25) is 0 Å². The summed E-state index contributed by atoms with van der Waals surface area (Å²) >= 11 is 0. The summed E-state index contributed by atoms with van der Waals surface area (Å²) in [5.41, 5.74) is 0. The third kappa shape index (κ3) is 2.21. The maximum Gasteiger partial charge on any atom is 1.00 e. The van der Waals surface area contributed by atoms with Crippen LogP contribution < -0.4 is 29.3 Å². The zero-order valence-corrected chi connectivity index (χ0v) is 5.38. The van der Waals surface area contributed by atoms with Crippen molar-refractivity contribution < 1.29 is 33.6 Å². The first-order valence-electron chi connectivity index (χ1n) is 2.27. The minimum atomic E-state index is -0.865. The van der Waals surface area contributed by atoms with Gasteiger partial charge in [0.1, 0.15) is 6.42 Å². The van der Waals surface area contributed by atoms with Gasteiger partial charge in [-0.2, -0.15) is 0 Å². The van der Waals surface area contributed by atoms with Crippen molar-refractivity contribution >= 4 is 17.8 Å². The van der Waals surface area contributed by atoms with Crippen molar-refractivity contribution in [1.82, 2.24) is 5.32 Å². The summed E-state index contributed by atoms with van der Waals surface area (Å²) in [6.07, 6.45) is -0.314. The van der Waals surface area contributed by atoms with Crippen molar-refractivity contribution in [2.45, 2.75) is 6.42 Å². The van der Waals surface area contributed by atoms with Gasteiger partial charge < -0.3 is 10.4 Å². The Bertz CT molecular complexity index is 201. The number of hydrogen-bond acceptors (Lipinski definition) is 3. The number of amides is 2. The molecular weight excluding hydrogens is 131 g/mol. The van der Waals surface area contributed by atoms with Crippen LogP contribution in [-0.4, -0.2) is 17.8 Å². The number of amidine groups is 1. The summed E-state index contributed by atoms with van der Waals surface area (Å²) in [6.45, 7) is 0. The molecule has 1 rings (SSSR count). The van der Waals surface area contributed by atoms with Gasteiger partial charge in [-0.1, -0.05) is 0 Å². The molecule has 0 aliphatic carbocycles. The summed E-state index contributed by atoms with van der Waals surface area (Å²) in [5.74, 6) is -1.26. The molecule has 1 aliphatic heterocycles. The van der Waals surface area contributed by atoms with Crippen LogP contribution >= 0.6 is 0 Å². The average Bonchev–Trinajstić information content (AvgIpc) is 1.59. The molecule has 0 bridgehead atoms. The molecule has 1 heterocycles. The predicted molar refractivity (Wildman–Crippen MR) is 25.2 cm³/mol. The quantitative estimate of drug-likeness (QED) is 0.265. The topological polar surface area (TPSA) is 81.6 Å². The van der Waals surface area contributed by atoms with Gasteiger partial charge in [0, 0.05) is 0 Å². The van der Waals surface area contributed by atoms with Crippen LogP contribution in [0.1, 0.15) is 6.42 Å². The molecule has 0 saturated carbocycles. The number of carbonyl (C=O) groups excluding carboxylic acids is 2. The summed E-state index contributed by atoms with van der Waals surface area (Å²) in [7, 11) is 0. The van der Waals surface area contributed by atoms with E-state index in [9.17, 15) is 14.7 Å². The Kier molecular flexibility index (Phi) is 3.13. The molecule has 6 heteroatoms. The van der Waals surface area contributed by atoms with E-state index in [2.05, 4.69) is 4.99 Å². The molecule has 1 aliphatic rings. The Balaban J connectivity index is 0.000000810. The Morgan fingerprint density at radius 3 is 2.50 bits per heavy atom. The molecule has 48 valence electrons. The number of rotatable bonds is 0. The van der Waals surface area contributed by atoms with Gasteiger partial charge in [0.2, 0.25) is 5.91 Å². The third-order valence-electron chi connectivity index (χ3n) is 0.784. The van der Waals surface area contributed by atoms with Gasteiger partial charge in [0.05, 0.1) is 6.02 Å². The molecule has 5 nitrogen and oxygen atoms in total. The number of carbonyl (C=O) groups is 2. The summed E-state index contributed by atoms with van der Waals surface area (Å²) < 4.78 is 0. The Morgan fingerprint density at radius 1 is 1.50 bits per heavy atom. The van der Waals surface area contributed by atoms with Crippen molar-refractivity contribution in [2.24, 2.45) is 4.99 Å². The van der Waals surface area contributed by atoms with Crippen LogP contribution in [0.5, 0.6) is 0 Å². The van der Waals surface area contributed by atoms with Crippen molar-refractivity contribution in [3.8, 4) is 0 Å². The van der Waals surface area contributed by atoms with E-state index < -0.39 is 17.8 Å². The Hall–Kier alpha value is -0.793. The normalized spacial score (nSPS) is 17.0. The fraction of sp³-hybridized carbons (Fsp3) is 0.250. The molecule has 0 spiro atoms. The molecule has 0 fully saturated rings. The second kappa shape index (κ2) is 3.39. The van der Waals surface area contributed by atoms with E-state index in [1.165, 1.54) is 0 Å². The van der Waals surface area contributed by atoms with E-state index in [1.54, 1.807) is 0 Å². The minimum absolute atomic E-state index is 0. The number of nitrogens with one attached hydrogen (secondary N) is 1. The Labute approximate surface area is 68.7 Å². The molecule has 0 atom stereocenters. The molecule has 0 saturated heterocycles. The maximum absolute atomic E-state index is 10.3. The molecule has 0 radical (unpaired) electrons. The SMILES string of the molecule is O=C1CC(=O)NC([O-])=N1.[Li+]. The van der Waals surface area contributed by atoms with E-state index >= 15 is 0 Å². The van der Waals surface area contributed by atoms with E-state index in [-0.39, 0.29) is 25.3 Å². The maximum atomic E-state index is 10.3. The van der Waals surface area contributed by atoms with E-state index in [4.69, 9.17) is 0 Å². The molecule has 0 aromatic rings. The Morgan fingerprint density at radius 2 is 2.10 bits per heavy atom. The fourth-order valence-corrected chi connectivity index (χ4v) is 0.482. The molecule has 0 aromatic heterocycles. The van der Waals surface area contributed by atoms with Crippen molar-refractivity contribution in [1.29, 1.82) is 0 Å². The second-order valence-electron chi connectivity index (χ2n) is 1.54. The number of aliphatic imine (C=N–C) groups is 1. The zero-order chi connectivity index (χ0) is 6.85. The molecule has 0 aromatic carbocycles. The van der Waals surface area contributed by atoms with Gasteiger partial charge in [-0.25, -0.2) is 4.99 Å². The van der Waals surface area contributed by atoms with E-state index in [1.807, 2.05) is 5.32 Å². The van der Waals surface area contributed by atoms with Gasteiger partial charge in [-0.15, -0.1) is 0 Å². The van der Waals surface area contributed by atoms with Crippen LogP contribution in [0.3, 0.4) is 0 Å². The summed E-state index contributed by atoms with van der Waals surface area (Å²) in [6, 6.07) is -0.865. The van der Waals surface area contributed by atoms with Crippen molar-refractivity contribution in [3.05, 3.63) is 0 Å². The van der Waals surface area contributed by atoms with Gasteiger partial charge in [-0.3, -0.25) is 9.59 Å². The smallest absolute Gasteiger partial charge is 0.846 e. The predicted octanol–water partition coefficient (Wildman–Crippen LogP) is -5.25. The first-order valence-corrected chi connectivity index (χ1v) is 2.27. The molecule has 10 heavy (non-hydrogen) atoms. The van der Waals surface area contributed by atoms with Gasteiger partial charge in [-0.05, 0) is 0 Å². The average molecular weight is 134 g/mol. The first kappa shape index (κ1) is 9.21. The fourth-order valence-electron chi connectivity index (χ4n) is 0.482. The van der Waals surface area contributed by atoms with Crippen LogP contribution in [0.4, 0.5) is 0 Å². The monoisotopic (exact) mass is 134 g/mol. The number of hydrogen-bond donors (Lipinski definition) is 1. The van der Waals surface area contributed by atoms with Crippen LogP contribution in [0.25, 0.3) is 0 Å². The zero-order valence-electron chi connectivity index (χ0n) is 5.38. The first-order chi connectivity index (χ1) is 4.18. The third-order valence-corrected chi connectivity index (χ3v) is 0.784. The van der Waals surface area contributed by atoms with E-state index in [0.29, 0.717) is 0 Å². The summed E-state index contributed by atoms with van der Waals surface area (Å²) in [4.78, 5) is 23.4. The van der Waals surface area contributed by atoms with Crippen molar-refractivity contribution in [3.63, 3.8) is 0 Å². The van der Waals surface area contributed by atoms with Gasteiger partial charge >= 0.3 is 18.9 Å². The molecule has 2 amide bonds. The molecule has 0 unspecified atom stereocenters.